The third kappa shape index (κ3) is 3.30. The molecular formula is C19H19N3O2. The van der Waals surface area contributed by atoms with Crippen LogP contribution in [0, 0.1) is 6.92 Å². The molecule has 1 heterocycles. The molecule has 0 aliphatic carbocycles. The highest BCUT2D eigenvalue weighted by Crippen LogP contribution is 2.25. The average Bonchev–Trinajstić information content (AvgIpc) is 3.05. The first-order valence-electron chi connectivity index (χ1n) is 7.64. The number of nitrogens with zero attached hydrogens (tertiary/aromatic N) is 3. The molecule has 5 nitrogen and oxygen atoms in total. The predicted octanol–water partition coefficient (Wildman–Crippen LogP) is 3.97. The molecule has 0 aliphatic rings. The average molecular weight is 321 g/mol. The van der Waals surface area contributed by atoms with Crippen molar-refractivity contribution in [3.05, 3.63) is 66.6 Å². The number of aromatic nitrogens is 2. The van der Waals surface area contributed by atoms with E-state index in [0.29, 0.717) is 5.75 Å². The molecule has 0 N–H and O–H groups in total. The Balaban J connectivity index is 1.80. The minimum atomic E-state index is -0.485. The number of carbonyl (C=O) groups is 1. The van der Waals surface area contributed by atoms with Crippen molar-refractivity contribution in [1.29, 1.82) is 0 Å². The van der Waals surface area contributed by atoms with Crippen molar-refractivity contribution in [3.8, 4) is 17.0 Å². The van der Waals surface area contributed by atoms with E-state index < -0.39 is 6.09 Å². The second-order valence-corrected chi connectivity index (χ2v) is 5.74. The Morgan fingerprint density at radius 2 is 1.88 bits per heavy atom. The zero-order chi connectivity index (χ0) is 17.1. The smallest absolute Gasteiger partial charge is 0.410 e. The second kappa shape index (κ2) is 6.58. The molecule has 0 atom stereocenters. The largest absolute Gasteiger partial charge is 0.424 e. The molecule has 0 bridgehead atoms. The van der Waals surface area contributed by atoms with Crippen molar-refractivity contribution in [2.75, 3.05) is 19.0 Å². The topological polar surface area (TPSA) is 47.4 Å². The molecule has 0 radical (unpaired) electrons. The standard InChI is InChI=1S/C19H19N3O2/c1-14-11-15(9-10-18(14)21(2)3)17-12-22(13-20-17)19(23)24-16-7-5-4-6-8-16/h4-13H,1-3H3. The Bertz CT molecular complexity index is 854. The van der Waals surface area contributed by atoms with Gasteiger partial charge in [-0.05, 0) is 36.8 Å². The molecule has 0 amide bonds. The van der Waals surface area contributed by atoms with Gasteiger partial charge in [0.1, 0.15) is 12.1 Å². The minimum Gasteiger partial charge on any atom is -0.410 e. The first-order valence-corrected chi connectivity index (χ1v) is 7.64. The lowest BCUT2D eigenvalue weighted by Crippen LogP contribution is -2.14. The Hall–Kier alpha value is -3.08. The zero-order valence-electron chi connectivity index (χ0n) is 13.9. The monoisotopic (exact) mass is 321 g/mol. The normalized spacial score (nSPS) is 10.5. The van der Waals surface area contributed by atoms with Crippen molar-refractivity contribution in [2.45, 2.75) is 6.92 Å². The van der Waals surface area contributed by atoms with E-state index in [0.717, 1.165) is 22.5 Å². The summed E-state index contributed by atoms with van der Waals surface area (Å²) in [5, 5.41) is 0. The highest BCUT2D eigenvalue weighted by Gasteiger charge is 2.11. The van der Waals surface area contributed by atoms with Gasteiger partial charge >= 0.3 is 6.09 Å². The molecule has 1 aromatic heterocycles. The molecule has 0 fully saturated rings. The van der Waals surface area contributed by atoms with Gasteiger partial charge in [-0.1, -0.05) is 24.3 Å². The Kier molecular flexibility index (Phi) is 4.33. The minimum absolute atomic E-state index is 0.485. The van der Waals surface area contributed by atoms with E-state index in [1.165, 1.54) is 10.9 Å². The third-order valence-corrected chi connectivity index (χ3v) is 3.72. The van der Waals surface area contributed by atoms with Crippen molar-refractivity contribution < 1.29 is 9.53 Å². The van der Waals surface area contributed by atoms with Crippen molar-refractivity contribution >= 4 is 11.8 Å². The number of benzene rings is 2. The van der Waals surface area contributed by atoms with Crippen LogP contribution in [0.4, 0.5) is 10.5 Å². The molecular weight excluding hydrogens is 302 g/mol. The molecule has 3 aromatic rings. The molecule has 0 spiro atoms. The Morgan fingerprint density at radius 3 is 2.54 bits per heavy atom. The van der Waals surface area contributed by atoms with Gasteiger partial charge in [0, 0.05) is 31.5 Å². The van der Waals surface area contributed by atoms with Crippen molar-refractivity contribution in [2.24, 2.45) is 0 Å². The van der Waals surface area contributed by atoms with Crippen LogP contribution in [0.3, 0.4) is 0 Å². The van der Waals surface area contributed by atoms with E-state index in [9.17, 15) is 4.79 Å². The Labute approximate surface area is 141 Å². The molecule has 0 saturated carbocycles. The van der Waals surface area contributed by atoms with Crippen LogP contribution in [-0.4, -0.2) is 29.7 Å². The lowest BCUT2D eigenvalue weighted by atomic mass is 10.1. The summed E-state index contributed by atoms with van der Waals surface area (Å²) in [6.07, 6.45) is 2.66. The van der Waals surface area contributed by atoms with Crippen molar-refractivity contribution in [3.63, 3.8) is 0 Å². The number of rotatable bonds is 3. The first kappa shape index (κ1) is 15.8. The number of aryl methyl sites for hydroxylation is 1. The predicted molar refractivity (Wildman–Crippen MR) is 94.6 cm³/mol. The van der Waals surface area contributed by atoms with Gasteiger partial charge < -0.3 is 9.64 Å². The fourth-order valence-corrected chi connectivity index (χ4v) is 2.53. The van der Waals surface area contributed by atoms with Gasteiger partial charge in [-0.15, -0.1) is 0 Å². The van der Waals surface area contributed by atoms with Crippen LogP contribution in [0.25, 0.3) is 11.3 Å². The zero-order valence-corrected chi connectivity index (χ0v) is 13.9. The van der Waals surface area contributed by atoms with Crippen LogP contribution in [0.2, 0.25) is 0 Å². The van der Waals surface area contributed by atoms with E-state index >= 15 is 0 Å². The van der Waals surface area contributed by atoms with Crippen LogP contribution < -0.4 is 9.64 Å². The number of ether oxygens (including phenoxy) is 1. The molecule has 24 heavy (non-hydrogen) atoms. The highest BCUT2D eigenvalue weighted by molar-refractivity contribution is 5.75. The van der Waals surface area contributed by atoms with Gasteiger partial charge in [0.15, 0.2) is 0 Å². The number of para-hydroxylation sites is 1. The Morgan fingerprint density at radius 1 is 1.12 bits per heavy atom. The lowest BCUT2D eigenvalue weighted by Gasteiger charge is -2.15. The fraction of sp³-hybridized carbons (Fsp3) is 0.158. The molecule has 2 aromatic carbocycles. The number of hydrogen-bond donors (Lipinski definition) is 0. The first-order chi connectivity index (χ1) is 11.5. The second-order valence-electron chi connectivity index (χ2n) is 5.74. The van der Waals surface area contributed by atoms with Crippen LogP contribution in [-0.2, 0) is 0 Å². The van der Waals surface area contributed by atoms with Gasteiger partial charge in [0.2, 0.25) is 0 Å². The number of anilines is 1. The molecule has 0 aliphatic heterocycles. The van der Waals surface area contributed by atoms with E-state index in [1.54, 1.807) is 18.3 Å². The molecule has 122 valence electrons. The van der Waals surface area contributed by atoms with Gasteiger partial charge in [0.25, 0.3) is 0 Å². The summed E-state index contributed by atoms with van der Waals surface area (Å²) < 4.78 is 6.65. The molecule has 3 rings (SSSR count). The summed E-state index contributed by atoms with van der Waals surface area (Å²) in [6.45, 7) is 2.06. The summed E-state index contributed by atoms with van der Waals surface area (Å²) in [5.74, 6) is 0.504. The summed E-state index contributed by atoms with van der Waals surface area (Å²) in [4.78, 5) is 18.5. The van der Waals surface area contributed by atoms with E-state index in [4.69, 9.17) is 4.74 Å². The van der Waals surface area contributed by atoms with Gasteiger partial charge in [-0.2, -0.15) is 0 Å². The van der Waals surface area contributed by atoms with Crippen molar-refractivity contribution in [1.82, 2.24) is 9.55 Å². The third-order valence-electron chi connectivity index (χ3n) is 3.72. The van der Waals surface area contributed by atoms with Gasteiger partial charge in [0.05, 0.1) is 5.69 Å². The van der Waals surface area contributed by atoms with E-state index in [1.807, 2.05) is 44.4 Å². The van der Waals surface area contributed by atoms with E-state index in [-0.39, 0.29) is 0 Å². The van der Waals surface area contributed by atoms with Crippen LogP contribution >= 0.6 is 0 Å². The van der Waals surface area contributed by atoms with Crippen LogP contribution in [0.15, 0.2) is 61.1 Å². The van der Waals surface area contributed by atoms with E-state index in [2.05, 4.69) is 22.9 Å². The SMILES string of the molecule is Cc1cc(-c2cn(C(=O)Oc3ccccc3)cn2)ccc1N(C)C. The molecule has 0 saturated heterocycles. The lowest BCUT2D eigenvalue weighted by molar-refractivity contribution is 0.202. The number of carbonyl (C=O) groups excluding carboxylic acids is 1. The number of imidazole rings is 1. The maximum absolute atomic E-state index is 12.2. The summed E-state index contributed by atoms with van der Waals surface area (Å²) >= 11 is 0. The van der Waals surface area contributed by atoms with Gasteiger partial charge in [-0.25, -0.2) is 14.3 Å². The fourth-order valence-electron chi connectivity index (χ4n) is 2.53. The maximum Gasteiger partial charge on any atom is 0.424 e. The van der Waals surface area contributed by atoms with Crippen LogP contribution in [0.1, 0.15) is 5.56 Å². The molecule has 5 heteroatoms. The quantitative estimate of drug-likeness (QED) is 0.732. The summed E-state index contributed by atoms with van der Waals surface area (Å²) in [6, 6.07) is 15.1. The summed E-state index contributed by atoms with van der Waals surface area (Å²) in [5.41, 5.74) is 4.00. The van der Waals surface area contributed by atoms with Crippen LogP contribution in [0.5, 0.6) is 5.75 Å². The maximum atomic E-state index is 12.2. The number of hydrogen-bond acceptors (Lipinski definition) is 4. The summed E-state index contributed by atoms with van der Waals surface area (Å²) in [7, 11) is 4.02. The highest BCUT2D eigenvalue weighted by atomic mass is 16.6. The van der Waals surface area contributed by atoms with Gasteiger partial charge in [-0.3, -0.25) is 0 Å². The molecule has 0 unspecified atom stereocenters.